The number of aliphatic hydroxyl groups excluding tert-OH is 2. The molecule has 0 radical (unpaired) electrons. The van der Waals surface area contributed by atoms with Crippen LogP contribution in [0.4, 0.5) is 0 Å². The predicted octanol–water partition coefficient (Wildman–Crippen LogP) is -7.22. The molecular weight excluding hydrogens is 2170 g/mol. The number of β-amino-alcohol motifs (C(OH)–C–C–N with tert-alkyl or cyclic N) is 2. The van der Waals surface area contributed by atoms with Crippen molar-refractivity contribution in [2.75, 3.05) is 183 Å². The summed E-state index contributed by atoms with van der Waals surface area (Å²) in [5.74, 6) is -18.2. The van der Waals surface area contributed by atoms with Crippen molar-refractivity contribution >= 4 is 124 Å². The number of carboxylic acids is 8. The summed E-state index contributed by atoms with van der Waals surface area (Å²) in [7, 11) is 0. The average Bonchev–Trinajstić information content (AvgIpc) is 1.18. The molecule has 8 atom stereocenters. The molecule has 1 aromatic rings. The Morgan fingerprint density at radius 2 is 0.775 bits per heavy atom. The van der Waals surface area contributed by atoms with Crippen LogP contribution >= 0.6 is 0 Å². The van der Waals surface area contributed by atoms with E-state index in [1.165, 1.54) is 24.3 Å². The van der Waals surface area contributed by atoms with Crippen molar-refractivity contribution in [3.05, 3.63) is 44.7 Å². The standard InChI is InChI=1S/C55H88N14O18.C26H47N7O11.C4H4O3.2CH3.2Gd/c56-43(57)10-2-1-7-36-28-42(71)38(64-54(86)40(27-35-11-13-37(70)14-12-35)65-55(87)41(29-48(76)77)63-46(74)30-61-53(36)85)8-3-5-17-59-44(72)15-16-45(73)62-39(52(58)84)9-4-6-18-60-47(75)31-66-19-21-67(32-49(78)79)23-25-69(34-51(82)83)26-24-68(22-20-66)33-50(80)81;27-26(44)19(29-20(34)4-5-22(36)37)3-1-2-6-28-21(35)15-30-7-9-31(16-23(38)39)11-13-33(18-25(42)43)14-12-32(10-8-30)17-24(40)41;5-3-1-2-4(6)7-3;;;;/h11-14,36,38-41,47,60,70,75H,1-10,15-34H2,(H3,56,57)(H2,58,84)(H,59,72)(H,61,85)(H,62,73)(H,63,74)(H,64,86)(H,65,87)(H,76,77)(H,78,79)(H,80,81)(H,82,83);19,21,28,35H,1-18H2,(H2,27,44)(H,29,34)(H,36,37)(H,38,39)(H,40,41)(H,42,43);1-2H2;2*1H3;;/q;;;2*-1;;/t36-,38+,39+,40?,41+,47?;19-,21?;;;;;/m10...../s1. The molecule has 3 unspecified atom stereocenters. The van der Waals surface area contributed by atoms with Crippen LogP contribution in [-0.4, -0.2) is 446 Å². The number of carboxylic acid groups (broad SMARTS) is 8. The first-order valence-corrected chi connectivity index (χ1v) is 45.6. The summed E-state index contributed by atoms with van der Waals surface area (Å²) in [6, 6.07) is -0.738. The van der Waals surface area contributed by atoms with Gasteiger partial charge in [-0.15, -0.1) is 0 Å². The van der Waals surface area contributed by atoms with Crippen molar-refractivity contribution in [3.8, 4) is 5.75 Å². The fraction of sp³-hybridized carbons (Fsp3) is 0.667. The van der Waals surface area contributed by atoms with Crippen LogP contribution in [0.5, 0.6) is 5.75 Å². The Balaban J connectivity index is 0. The van der Waals surface area contributed by atoms with Gasteiger partial charge in [-0.3, -0.25) is 151 Å². The van der Waals surface area contributed by atoms with Crippen LogP contribution in [0.1, 0.15) is 140 Å². The number of aliphatic hydroxyl groups is 2. The van der Waals surface area contributed by atoms with Crippen LogP contribution in [0.25, 0.3) is 0 Å². The van der Waals surface area contributed by atoms with Gasteiger partial charge >= 0.3 is 59.7 Å². The topological polar surface area (TPSA) is 809 Å². The number of unbranched alkanes of at least 4 members (excludes halogenated alkanes) is 4. The van der Waals surface area contributed by atoms with Crippen LogP contribution < -0.4 is 65.1 Å². The maximum absolute atomic E-state index is 14.1. The van der Waals surface area contributed by atoms with Gasteiger partial charge in [0.2, 0.25) is 53.2 Å². The molecule has 5 rings (SSSR count). The molecule has 4 heterocycles. The molecule has 4 fully saturated rings. The summed E-state index contributed by atoms with van der Waals surface area (Å²) in [4.78, 5) is 255. The molecule has 9 amide bonds. The average molecular weight is 2310 g/mol. The molecule has 53 nitrogen and oxygen atoms in total. The fourth-order valence-electron chi connectivity index (χ4n) is 14.8. The Morgan fingerprint density at radius 3 is 1.13 bits per heavy atom. The van der Waals surface area contributed by atoms with Crippen molar-refractivity contribution in [1.82, 2.24) is 87.1 Å². The number of hydrogen-bond acceptors (Lipinski definition) is 35. The number of phenolic OH excluding ortho intramolecular Hbond substituents is 1. The van der Waals surface area contributed by atoms with E-state index in [9.17, 15) is 147 Å². The van der Waals surface area contributed by atoms with E-state index in [4.69, 9.17) is 27.7 Å². The van der Waals surface area contributed by atoms with Gasteiger partial charge in [-0.2, -0.15) is 0 Å². The number of aliphatic carboxylic acids is 8. The summed E-state index contributed by atoms with van der Waals surface area (Å²) in [5, 5.41) is 137. The van der Waals surface area contributed by atoms with Gasteiger partial charge in [0.15, 0.2) is 5.78 Å². The Kier molecular flexibility index (Phi) is 72.1. The number of nitrogens with one attached hydrogen (secondary N) is 10. The van der Waals surface area contributed by atoms with Crippen LogP contribution in [-0.2, 0) is 107 Å². The maximum Gasteiger partial charge on any atom is 0.317 e. The van der Waals surface area contributed by atoms with Gasteiger partial charge in [0.25, 0.3) is 0 Å². The molecule has 0 saturated carbocycles. The third kappa shape index (κ3) is 65.0. The second kappa shape index (κ2) is 76.1. The number of primary amides is 2. The van der Waals surface area contributed by atoms with Crippen molar-refractivity contribution in [2.45, 2.75) is 184 Å². The first-order valence-electron chi connectivity index (χ1n) is 45.6. The zero-order valence-electron chi connectivity index (χ0n) is 80.3. The Hall–Kier alpha value is -9.54. The molecule has 4 aliphatic rings. The van der Waals surface area contributed by atoms with Crippen LogP contribution in [0, 0.1) is 106 Å². The minimum Gasteiger partial charge on any atom is -0.508 e. The molecule has 55 heteroatoms. The molecule has 0 aromatic heterocycles. The summed E-state index contributed by atoms with van der Waals surface area (Å²) in [6.45, 7) is 3.31. The smallest absolute Gasteiger partial charge is 0.317 e. The van der Waals surface area contributed by atoms with Crippen LogP contribution in [0.15, 0.2) is 24.3 Å². The SMILES string of the molecule is N=C(N)CCCC[C@@H]1CC(=O)[C@H](CCCCNC(=O)CCC(=O)N[C@@H](CCCCNC(O)CN2CCN(CC(=O)O)CCN(CC(=O)O)CCN(CC(=O)O)CC2)C(N)=O)NC(=O)C(Cc2ccc(O)cc2)NC(=O)[C@H](CC(=O)O)NC(=O)CNC1=O.NC(=O)[C@H](CCCCNC(O)CN1CCN(CC(=O)O)CCN(CC(=O)O)CCN(CC(=O)O)CC1)NC(=O)CCC(=O)O.O=C1CCC(=O)O1.[CH3-].[CH3-].[Gd].[Gd]. The van der Waals surface area contributed by atoms with E-state index in [2.05, 4.69) is 52.6 Å². The Bertz CT molecular complexity index is 4100. The van der Waals surface area contributed by atoms with Gasteiger partial charge in [0.05, 0.1) is 83.4 Å². The number of aromatic hydroxyl groups is 1. The van der Waals surface area contributed by atoms with Gasteiger partial charge in [0, 0.05) is 249 Å². The van der Waals surface area contributed by atoms with E-state index in [0.717, 1.165) is 0 Å². The molecule has 808 valence electrons. The number of nitrogens with zero attached hydrogens (tertiary/aromatic N) is 8. The van der Waals surface area contributed by atoms with Crippen molar-refractivity contribution in [2.24, 2.45) is 23.1 Å². The maximum atomic E-state index is 14.1. The number of amidine groups is 1. The normalized spacial score (nSPS) is 19.0. The molecule has 27 N–H and O–H groups in total. The zero-order chi connectivity index (χ0) is 103. The second-order valence-corrected chi connectivity index (χ2v) is 33.7. The number of cyclic esters (lactones) is 2. The monoisotopic (exact) mass is 2310 g/mol. The number of amides is 9. The number of hydrogen-bond donors (Lipinski definition) is 24. The minimum absolute atomic E-state index is 0. The number of ether oxygens (including phenoxy) is 1. The zero-order valence-corrected chi connectivity index (χ0v) is 84.8. The molecule has 0 aliphatic carbocycles. The first kappa shape index (κ1) is 134. The Labute approximate surface area is 887 Å². The summed E-state index contributed by atoms with van der Waals surface area (Å²) < 4.78 is 4.08. The van der Waals surface area contributed by atoms with Crippen molar-refractivity contribution < 1.29 is 237 Å². The third-order valence-corrected chi connectivity index (χ3v) is 22.2. The molecule has 4 saturated heterocycles. The number of phenols is 1. The number of carbonyl (C=O) groups excluding carboxylic acids is 12. The minimum atomic E-state index is -1.68. The first-order chi connectivity index (χ1) is 65.3. The van der Waals surface area contributed by atoms with Crippen LogP contribution in [0.2, 0.25) is 0 Å². The summed E-state index contributed by atoms with van der Waals surface area (Å²) >= 11 is 0. The Morgan fingerprint density at radius 1 is 0.415 bits per heavy atom. The third-order valence-electron chi connectivity index (χ3n) is 22.2. The van der Waals surface area contributed by atoms with Crippen molar-refractivity contribution in [3.63, 3.8) is 0 Å². The van der Waals surface area contributed by atoms with Gasteiger partial charge in [-0.05, 0) is 101 Å². The molecule has 4 aliphatic heterocycles. The van der Waals surface area contributed by atoms with E-state index in [0.29, 0.717) is 103 Å². The molecule has 142 heavy (non-hydrogen) atoms. The quantitative estimate of drug-likeness (QED) is 0.00548. The summed E-state index contributed by atoms with van der Waals surface area (Å²) in [6.07, 6.45) is -0.433. The van der Waals surface area contributed by atoms with E-state index in [1.54, 1.807) is 29.4 Å². The number of ketones is 1. The van der Waals surface area contributed by atoms with Crippen molar-refractivity contribution in [1.29, 1.82) is 5.41 Å². The second-order valence-electron chi connectivity index (χ2n) is 33.7. The number of carbonyl (C=O) groups is 20. The van der Waals surface area contributed by atoms with E-state index < -0.39 is 187 Å². The number of rotatable bonds is 52. The van der Waals surface area contributed by atoms with Gasteiger partial charge in [0.1, 0.15) is 42.4 Å². The molecule has 0 spiro atoms. The molecule has 0 bridgehead atoms. The molecule has 1 aromatic carbocycles. The van der Waals surface area contributed by atoms with E-state index in [1.807, 2.05) is 9.80 Å². The fourth-order valence-corrected chi connectivity index (χ4v) is 14.8. The predicted molar refractivity (Wildman–Crippen MR) is 498 cm³/mol. The van der Waals surface area contributed by atoms with E-state index >= 15 is 0 Å². The summed E-state index contributed by atoms with van der Waals surface area (Å²) in [5.41, 5.74) is 16.9. The van der Waals surface area contributed by atoms with E-state index in [-0.39, 0.29) is 314 Å². The van der Waals surface area contributed by atoms with Gasteiger partial charge in [-0.25, -0.2) is 0 Å². The number of nitrogens with two attached hydrogens (primary N) is 3. The van der Waals surface area contributed by atoms with Gasteiger partial charge in [-0.1, -0.05) is 18.6 Å². The largest absolute Gasteiger partial charge is 0.508 e. The number of esters is 2. The number of benzene rings is 1. The van der Waals surface area contributed by atoms with Gasteiger partial charge < -0.3 is 130 Å². The number of Topliss-reactive ketones (excluding diaryl/α,β-unsaturated/α-hetero) is 1. The molecular formula is C87H145Gd2N21O32-2. The van der Waals surface area contributed by atoms with Crippen LogP contribution in [0.3, 0.4) is 0 Å².